The predicted molar refractivity (Wildman–Crippen MR) is 263 cm³/mol. The van der Waals surface area contributed by atoms with Crippen LogP contribution >= 0.6 is 0 Å². The van der Waals surface area contributed by atoms with Crippen LogP contribution in [0.4, 0.5) is 17.1 Å². The molecule has 0 N–H and O–H groups in total. The Morgan fingerprint density at radius 3 is 1.44 bits per heavy atom. The zero-order chi connectivity index (χ0) is 41.2. The summed E-state index contributed by atoms with van der Waals surface area (Å²) in [6, 6.07) is 92.2. The van der Waals surface area contributed by atoms with Crippen LogP contribution in [0.25, 0.3) is 83.1 Å². The van der Waals surface area contributed by atoms with Gasteiger partial charge >= 0.3 is 0 Å². The van der Waals surface area contributed by atoms with E-state index >= 15 is 0 Å². The molecule has 0 saturated carbocycles. The van der Waals surface area contributed by atoms with Crippen molar-refractivity contribution in [1.82, 2.24) is 4.57 Å². The second-order valence-corrected chi connectivity index (χ2v) is 15.7. The van der Waals surface area contributed by atoms with Crippen LogP contribution in [0.15, 0.2) is 255 Å². The first-order valence-corrected chi connectivity index (χ1v) is 21.3. The van der Waals surface area contributed by atoms with E-state index in [9.17, 15) is 0 Å². The van der Waals surface area contributed by atoms with Crippen LogP contribution in [0, 0.1) is 0 Å². The average molecular weight is 791 g/mol. The Balaban J connectivity index is 1.16. The molecule has 0 aliphatic rings. The standard InChI is InChI=1S/C60H42N2/c1-6-19-43(20-7-1)46-33-36-52(37-34-46)61(57-32-17-16-31-54(57)47-25-12-4-13-26-47)53-30-18-27-49(39-53)56-40-50(45-23-10-3-11-24-45)42-59-60(56)55-38-35-48(44-21-8-2-9-22-44)41-58(55)62(59)51-28-14-5-15-29-51/h1-42H. The number of benzene rings is 10. The minimum Gasteiger partial charge on any atom is -0.310 e. The second kappa shape index (κ2) is 16.1. The lowest BCUT2D eigenvalue weighted by molar-refractivity contribution is 1.18. The maximum absolute atomic E-state index is 2.45. The monoisotopic (exact) mass is 790 g/mol. The summed E-state index contributed by atoms with van der Waals surface area (Å²) in [5.74, 6) is 0. The molecule has 1 heterocycles. The van der Waals surface area contributed by atoms with Crippen LogP contribution < -0.4 is 4.90 Å². The Bertz CT molecular complexity index is 3300. The Kier molecular flexibility index (Phi) is 9.57. The van der Waals surface area contributed by atoms with E-state index in [0.29, 0.717) is 0 Å². The summed E-state index contributed by atoms with van der Waals surface area (Å²) in [6.07, 6.45) is 0. The lowest BCUT2D eigenvalue weighted by atomic mass is 9.93. The molecule has 0 unspecified atom stereocenters. The van der Waals surface area contributed by atoms with Gasteiger partial charge in [0.2, 0.25) is 0 Å². The largest absolute Gasteiger partial charge is 0.310 e. The summed E-state index contributed by atoms with van der Waals surface area (Å²) in [4.78, 5) is 2.41. The Morgan fingerprint density at radius 1 is 0.274 bits per heavy atom. The van der Waals surface area contributed by atoms with Crippen molar-refractivity contribution >= 4 is 38.9 Å². The topological polar surface area (TPSA) is 8.17 Å². The van der Waals surface area contributed by atoms with Crippen LogP contribution in [0.1, 0.15) is 0 Å². The van der Waals surface area contributed by atoms with Crippen LogP contribution in [0.2, 0.25) is 0 Å². The molecule has 62 heavy (non-hydrogen) atoms. The van der Waals surface area contributed by atoms with Crippen molar-refractivity contribution in [3.63, 3.8) is 0 Å². The summed E-state index contributed by atoms with van der Waals surface area (Å²) >= 11 is 0. The summed E-state index contributed by atoms with van der Waals surface area (Å²) in [6.45, 7) is 0. The molecule has 2 heteroatoms. The summed E-state index contributed by atoms with van der Waals surface area (Å²) in [5, 5.41) is 2.44. The molecule has 0 atom stereocenters. The minimum absolute atomic E-state index is 1.08. The van der Waals surface area contributed by atoms with E-state index in [1.54, 1.807) is 0 Å². The Hall–Kier alpha value is -8.20. The number of nitrogens with zero attached hydrogens (tertiary/aromatic N) is 2. The number of hydrogen-bond donors (Lipinski definition) is 0. The highest BCUT2D eigenvalue weighted by Gasteiger charge is 2.22. The number of aromatic nitrogens is 1. The van der Waals surface area contributed by atoms with Crippen molar-refractivity contribution in [2.45, 2.75) is 0 Å². The first kappa shape index (κ1) is 36.8. The van der Waals surface area contributed by atoms with Gasteiger partial charge in [0.15, 0.2) is 0 Å². The van der Waals surface area contributed by atoms with Crippen LogP contribution in [-0.4, -0.2) is 4.57 Å². The third-order valence-corrected chi connectivity index (χ3v) is 12.0. The lowest BCUT2D eigenvalue weighted by Gasteiger charge is -2.28. The van der Waals surface area contributed by atoms with Crippen molar-refractivity contribution < 1.29 is 0 Å². The van der Waals surface area contributed by atoms with Gasteiger partial charge in [-0.2, -0.15) is 0 Å². The van der Waals surface area contributed by atoms with E-state index in [0.717, 1.165) is 28.3 Å². The number of hydrogen-bond acceptors (Lipinski definition) is 1. The van der Waals surface area contributed by atoms with Crippen molar-refractivity contribution in [2.24, 2.45) is 0 Å². The summed E-state index contributed by atoms with van der Waals surface area (Å²) in [5.41, 5.74) is 18.5. The van der Waals surface area contributed by atoms with E-state index in [4.69, 9.17) is 0 Å². The third kappa shape index (κ3) is 6.84. The van der Waals surface area contributed by atoms with Gasteiger partial charge in [-0.3, -0.25) is 0 Å². The molecule has 292 valence electrons. The van der Waals surface area contributed by atoms with Gasteiger partial charge in [-0.15, -0.1) is 0 Å². The maximum atomic E-state index is 2.45. The first-order valence-electron chi connectivity index (χ1n) is 21.3. The fourth-order valence-corrected chi connectivity index (χ4v) is 9.04. The van der Waals surface area contributed by atoms with Gasteiger partial charge in [0.1, 0.15) is 0 Å². The van der Waals surface area contributed by atoms with Gasteiger partial charge in [0.05, 0.1) is 16.7 Å². The maximum Gasteiger partial charge on any atom is 0.0553 e. The molecule has 11 rings (SSSR count). The van der Waals surface area contributed by atoms with Crippen molar-refractivity contribution in [3.05, 3.63) is 255 Å². The molecule has 1 aromatic heterocycles. The molecule has 0 amide bonds. The van der Waals surface area contributed by atoms with E-state index in [-0.39, 0.29) is 0 Å². The van der Waals surface area contributed by atoms with Crippen LogP contribution in [0.5, 0.6) is 0 Å². The molecule has 0 saturated heterocycles. The predicted octanol–water partition coefficient (Wildman–Crippen LogP) is 16.6. The molecule has 0 bridgehead atoms. The summed E-state index contributed by atoms with van der Waals surface area (Å²) in [7, 11) is 0. The zero-order valence-corrected chi connectivity index (χ0v) is 34.1. The van der Waals surface area contributed by atoms with Crippen LogP contribution in [0.3, 0.4) is 0 Å². The van der Waals surface area contributed by atoms with Gasteiger partial charge in [-0.05, 0) is 111 Å². The normalized spacial score (nSPS) is 11.2. The Morgan fingerprint density at radius 2 is 0.774 bits per heavy atom. The van der Waals surface area contributed by atoms with E-state index < -0.39 is 0 Å². The van der Waals surface area contributed by atoms with Gasteiger partial charge in [-0.1, -0.05) is 194 Å². The van der Waals surface area contributed by atoms with Gasteiger partial charge in [-0.25, -0.2) is 0 Å². The molecule has 0 spiro atoms. The molecular formula is C60H42N2. The fourth-order valence-electron chi connectivity index (χ4n) is 9.04. The number of anilines is 3. The number of fused-ring (bicyclic) bond motifs is 3. The second-order valence-electron chi connectivity index (χ2n) is 15.7. The molecule has 11 aromatic rings. The fraction of sp³-hybridized carbons (Fsp3) is 0. The quantitative estimate of drug-likeness (QED) is 0.141. The van der Waals surface area contributed by atoms with Crippen molar-refractivity contribution in [1.29, 1.82) is 0 Å². The number of para-hydroxylation sites is 2. The Labute approximate surface area is 362 Å². The van der Waals surface area contributed by atoms with Gasteiger partial charge < -0.3 is 9.47 Å². The minimum atomic E-state index is 1.08. The lowest BCUT2D eigenvalue weighted by Crippen LogP contribution is -2.11. The van der Waals surface area contributed by atoms with Gasteiger partial charge in [0.25, 0.3) is 0 Å². The first-order chi connectivity index (χ1) is 30.8. The molecule has 2 nitrogen and oxygen atoms in total. The smallest absolute Gasteiger partial charge is 0.0553 e. The average Bonchev–Trinajstić information content (AvgIpc) is 3.69. The third-order valence-electron chi connectivity index (χ3n) is 12.0. The zero-order valence-electron chi connectivity index (χ0n) is 34.1. The molecule has 0 aliphatic carbocycles. The van der Waals surface area contributed by atoms with E-state index in [2.05, 4.69) is 264 Å². The van der Waals surface area contributed by atoms with Crippen molar-refractivity contribution in [2.75, 3.05) is 4.90 Å². The summed E-state index contributed by atoms with van der Waals surface area (Å²) < 4.78 is 2.45. The highest BCUT2D eigenvalue weighted by atomic mass is 15.1. The highest BCUT2D eigenvalue weighted by Crippen LogP contribution is 2.46. The molecular weight excluding hydrogens is 749 g/mol. The molecule has 0 fully saturated rings. The molecule has 0 radical (unpaired) electrons. The van der Waals surface area contributed by atoms with E-state index in [1.165, 1.54) is 71.9 Å². The van der Waals surface area contributed by atoms with Gasteiger partial charge in [0, 0.05) is 33.4 Å². The van der Waals surface area contributed by atoms with Crippen LogP contribution in [-0.2, 0) is 0 Å². The highest BCUT2D eigenvalue weighted by molar-refractivity contribution is 6.17. The van der Waals surface area contributed by atoms with E-state index in [1.807, 2.05) is 0 Å². The SMILES string of the molecule is c1ccc(-c2ccc(N(c3cccc(-c4cc(-c5ccccc5)cc5c4c4ccc(-c6ccccc6)cc4n5-c4ccccc4)c3)c3ccccc3-c3ccccc3)cc2)cc1. The van der Waals surface area contributed by atoms with Crippen molar-refractivity contribution in [3.8, 4) is 61.3 Å². The number of rotatable bonds is 9. The molecule has 10 aromatic carbocycles. The molecule has 0 aliphatic heterocycles.